The Balaban J connectivity index is 2.53. The number of benzene rings is 1. The van der Waals surface area contributed by atoms with Crippen molar-refractivity contribution in [3.8, 4) is 0 Å². The molecular weight excluding hydrogens is 502 g/mol. The molecule has 0 saturated heterocycles. The molecule has 8 heteroatoms. The number of hydrogen-bond donors (Lipinski definition) is 1. The second-order valence-corrected chi connectivity index (χ2v) is 9.73. The van der Waals surface area contributed by atoms with Gasteiger partial charge in [0.15, 0.2) is 5.78 Å². The lowest BCUT2D eigenvalue weighted by atomic mass is 9.95. The molecule has 2 rings (SSSR count). The SMILES string of the molecule is CC1=C(Br)C(=O)C(C)(Br)C(Br)=C1NS(=O)(=O)c1ccccc1. The van der Waals surface area contributed by atoms with Gasteiger partial charge < -0.3 is 0 Å². The highest BCUT2D eigenvalue weighted by atomic mass is 79.9. The smallest absolute Gasteiger partial charge is 0.261 e. The Bertz CT molecular complexity index is 796. The quantitative estimate of drug-likeness (QED) is 0.622. The van der Waals surface area contributed by atoms with Gasteiger partial charge in [-0.25, -0.2) is 8.42 Å². The van der Waals surface area contributed by atoms with Gasteiger partial charge in [0.05, 0.1) is 15.1 Å². The fraction of sp³-hybridized carbons (Fsp3) is 0.214. The monoisotopic (exact) mass is 511 g/mol. The van der Waals surface area contributed by atoms with Gasteiger partial charge in [-0.1, -0.05) is 50.1 Å². The van der Waals surface area contributed by atoms with Gasteiger partial charge in [-0.05, 0) is 47.5 Å². The van der Waals surface area contributed by atoms with Crippen molar-refractivity contribution in [1.82, 2.24) is 4.72 Å². The van der Waals surface area contributed by atoms with E-state index in [4.69, 9.17) is 0 Å². The molecule has 0 radical (unpaired) electrons. The molecule has 1 aromatic rings. The van der Waals surface area contributed by atoms with E-state index in [1.165, 1.54) is 12.1 Å². The number of Topliss-reactive ketones (excluding diaryl/α,β-unsaturated/α-hetero) is 1. The third-order valence-electron chi connectivity index (χ3n) is 3.25. The number of alkyl halides is 1. The number of carbonyl (C=O) groups is 1. The minimum atomic E-state index is -3.74. The molecule has 118 valence electrons. The van der Waals surface area contributed by atoms with Crippen molar-refractivity contribution in [2.45, 2.75) is 23.1 Å². The van der Waals surface area contributed by atoms with Crippen LogP contribution in [0, 0.1) is 0 Å². The predicted molar refractivity (Wildman–Crippen MR) is 96.7 cm³/mol. The van der Waals surface area contributed by atoms with Crippen LogP contribution in [0.4, 0.5) is 0 Å². The topological polar surface area (TPSA) is 63.2 Å². The number of carbonyl (C=O) groups excluding carboxylic acids is 1. The highest BCUT2D eigenvalue weighted by molar-refractivity contribution is 9.14. The molecule has 0 saturated carbocycles. The van der Waals surface area contributed by atoms with E-state index in [0.29, 0.717) is 20.2 Å². The zero-order chi connectivity index (χ0) is 16.7. The van der Waals surface area contributed by atoms with Crippen LogP contribution in [0.25, 0.3) is 0 Å². The zero-order valence-corrected chi connectivity index (χ0v) is 17.2. The van der Waals surface area contributed by atoms with Crippen molar-refractivity contribution in [3.05, 3.63) is 50.6 Å². The molecule has 4 nitrogen and oxygen atoms in total. The Morgan fingerprint density at radius 3 is 2.23 bits per heavy atom. The molecule has 0 bridgehead atoms. The molecular formula is C14H12Br3NO3S. The second-order valence-electron chi connectivity index (χ2n) is 4.88. The van der Waals surface area contributed by atoms with Crippen LogP contribution >= 0.6 is 47.8 Å². The number of hydrogen-bond acceptors (Lipinski definition) is 3. The number of allylic oxidation sites excluding steroid dienone is 3. The largest absolute Gasteiger partial charge is 0.292 e. The maximum absolute atomic E-state index is 12.5. The summed E-state index contributed by atoms with van der Waals surface area (Å²) in [5, 5.41) is 0. The Morgan fingerprint density at radius 1 is 1.14 bits per heavy atom. The second kappa shape index (κ2) is 6.22. The average molecular weight is 514 g/mol. The Hall–Kier alpha value is -0.440. The lowest BCUT2D eigenvalue weighted by Gasteiger charge is -2.30. The summed E-state index contributed by atoms with van der Waals surface area (Å²) in [7, 11) is -3.74. The van der Waals surface area contributed by atoms with Gasteiger partial charge >= 0.3 is 0 Å². The number of nitrogens with one attached hydrogen (secondary N) is 1. The van der Waals surface area contributed by atoms with E-state index in [-0.39, 0.29) is 10.7 Å². The van der Waals surface area contributed by atoms with Crippen LogP contribution in [0.5, 0.6) is 0 Å². The van der Waals surface area contributed by atoms with Gasteiger partial charge in [-0.15, -0.1) is 0 Å². The van der Waals surface area contributed by atoms with E-state index in [0.717, 1.165) is 0 Å². The summed E-state index contributed by atoms with van der Waals surface area (Å²) in [6, 6.07) is 8.05. The first kappa shape index (κ1) is 17.9. The lowest BCUT2D eigenvalue weighted by molar-refractivity contribution is -0.115. The van der Waals surface area contributed by atoms with Crippen LogP contribution in [0.1, 0.15) is 13.8 Å². The third kappa shape index (κ3) is 3.11. The van der Waals surface area contributed by atoms with Crippen LogP contribution in [0.15, 0.2) is 55.5 Å². The van der Waals surface area contributed by atoms with Crippen LogP contribution in [-0.4, -0.2) is 18.5 Å². The van der Waals surface area contributed by atoms with E-state index in [2.05, 4.69) is 52.5 Å². The average Bonchev–Trinajstić information content (AvgIpc) is 2.49. The predicted octanol–water partition coefficient (Wildman–Crippen LogP) is 3.98. The first-order valence-electron chi connectivity index (χ1n) is 6.17. The van der Waals surface area contributed by atoms with Gasteiger partial charge in [-0.2, -0.15) is 0 Å². The van der Waals surface area contributed by atoms with Gasteiger partial charge in [0, 0.05) is 4.48 Å². The first-order valence-corrected chi connectivity index (χ1v) is 10.0. The van der Waals surface area contributed by atoms with E-state index in [1.807, 2.05) is 0 Å². The number of halogens is 3. The standard InChI is InChI=1S/C14H12Br3NO3S/c1-8-10(15)13(19)14(2,17)12(16)11(8)18-22(20,21)9-6-4-3-5-7-9/h3-7,18H,1-2H3. The molecule has 1 unspecified atom stereocenters. The third-order valence-corrected chi connectivity index (χ3v) is 8.05. The normalized spacial score (nSPS) is 23.0. The summed E-state index contributed by atoms with van der Waals surface area (Å²) < 4.78 is 27.3. The van der Waals surface area contributed by atoms with Crippen molar-refractivity contribution in [2.75, 3.05) is 0 Å². The Kier molecular flexibility index (Phi) is 5.06. The zero-order valence-electron chi connectivity index (χ0n) is 11.7. The van der Waals surface area contributed by atoms with E-state index in [9.17, 15) is 13.2 Å². The Labute approximate surface area is 154 Å². The van der Waals surface area contributed by atoms with Gasteiger partial charge in [0.25, 0.3) is 10.0 Å². The number of ketones is 1. The van der Waals surface area contributed by atoms with E-state index in [1.54, 1.807) is 32.0 Å². The van der Waals surface area contributed by atoms with Crippen molar-refractivity contribution in [1.29, 1.82) is 0 Å². The van der Waals surface area contributed by atoms with Crippen LogP contribution < -0.4 is 4.72 Å². The molecule has 1 atom stereocenters. The minimum absolute atomic E-state index is 0.153. The maximum atomic E-state index is 12.5. The maximum Gasteiger partial charge on any atom is 0.261 e. The molecule has 0 heterocycles. The van der Waals surface area contributed by atoms with Crippen LogP contribution in [-0.2, 0) is 14.8 Å². The van der Waals surface area contributed by atoms with Crippen LogP contribution in [0.3, 0.4) is 0 Å². The van der Waals surface area contributed by atoms with Gasteiger partial charge in [-0.3, -0.25) is 9.52 Å². The molecule has 0 aromatic heterocycles. The molecule has 22 heavy (non-hydrogen) atoms. The van der Waals surface area contributed by atoms with Crippen molar-refractivity contribution >= 4 is 63.6 Å². The summed E-state index contributed by atoms with van der Waals surface area (Å²) in [6.07, 6.45) is 0. The fourth-order valence-electron chi connectivity index (χ4n) is 1.90. The molecule has 0 fully saturated rings. The molecule has 1 aliphatic carbocycles. The first-order chi connectivity index (χ1) is 10.1. The summed E-state index contributed by atoms with van der Waals surface area (Å²) in [4.78, 5) is 12.4. The highest BCUT2D eigenvalue weighted by Crippen LogP contribution is 2.44. The highest BCUT2D eigenvalue weighted by Gasteiger charge is 2.42. The van der Waals surface area contributed by atoms with Crippen molar-refractivity contribution in [3.63, 3.8) is 0 Å². The molecule has 0 spiro atoms. The lowest BCUT2D eigenvalue weighted by Crippen LogP contribution is -2.37. The molecule has 0 amide bonds. The summed E-state index contributed by atoms with van der Waals surface area (Å²) in [6.45, 7) is 3.33. The molecule has 1 aliphatic rings. The van der Waals surface area contributed by atoms with Gasteiger partial charge in [0.1, 0.15) is 4.32 Å². The van der Waals surface area contributed by atoms with E-state index >= 15 is 0 Å². The van der Waals surface area contributed by atoms with Crippen LogP contribution in [0.2, 0.25) is 0 Å². The minimum Gasteiger partial charge on any atom is -0.292 e. The molecule has 1 N–H and O–H groups in total. The van der Waals surface area contributed by atoms with Crippen molar-refractivity contribution < 1.29 is 13.2 Å². The van der Waals surface area contributed by atoms with Gasteiger partial charge in [0.2, 0.25) is 0 Å². The number of sulfonamides is 1. The summed E-state index contributed by atoms with van der Waals surface area (Å²) in [5.41, 5.74) is 0.864. The fourth-order valence-corrected chi connectivity index (χ4v) is 5.02. The molecule has 1 aromatic carbocycles. The molecule has 0 aliphatic heterocycles. The summed E-state index contributed by atoms with van der Waals surface area (Å²) >= 11 is 9.92. The Morgan fingerprint density at radius 2 is 1.68 bits per heavy atom. The van der Waals surface area contributed by atoms with E-state index < -0.39 is 14.3 Å². The van der Waals surface area contributed by atoms with Crippen molar-refractivity contribution in [2.24, 2.45) is 0 Å². The number of rotatable bonds is 3. The summed E-state index contributed by atoms with van der Waals surface area (Å²) in [5.74, 6) is -0.181.